The Balaban J connectivity index is 1.46. The minimum absolute atomic E-state index is 0.0251. The van der Waals surface area contributed by atoms with Gasteiger partial charge in [0, 0.05) is 18.0 Å². The normalized spacial score (nSPS) is 17.0. The van der Waals surface area contributed by atoms with Gasteiger partial charge in [0.05, 0.1) is 23.6 Å². The average molecular weight is 495 g/mol. The first kappa shape index (κ1) is 25.2. The minimum Gasteiger partial charge on any atom is -0.486 e. The molecule has 1 saturated heterocycles. The lowest BCUT2D eigenvalue weighted by Gasteiger charge is -2.28. The molecule has 1 aliphatic rings. The van der Waals surface area contributed by atoms with E-state index in [-0.39, 0.29) is 29.9 Å². The molecule has 0 spiro atoms. The van der Waals surface area contributed by atoms with Gasteiger partial charge in [0.2, 0.25) is 0 Å². The summed E-state index contributed by atoms with van der Waals surface area (Å²) in [5.74, 6) is -0.0908. The van der Waals surface area contributed by atoms with Gasteiger partial charge in [0.25, 0.3) is 5.91 Å². The van der Waals surface area contributed by atoms with E-state index >= 15 is 0 Å². The molecule has 3 rings (SSSR count). The predicted octanol–water partition coefficient (Wildman–Crippen LogP) is 2.93. The van der Waals surface area contributed by atoms with Crippen molar-refractivity contribution in [2.45, 2.75) is 52.2 Å². The average Bonchev–Trinajstić information content (AvgIpc) is 3.37. The number of aryl methyl sites for hydroxylation is 1. The third-order valence-corrected chi connectivity index (χ3v) is 8.01. The van der Waals surface area contributed by atoms with Crippen LogP contribution < -0.4 is 4.74 Å². The summed E-state index contributed by atoms with van der Waals surface area (Å²) in [6.07, 6.45) is 2.03. The maximum atomic E-state index is 12.7. The van der Waals surface area contributed by atoms with Crippen molar-refractivity contribution in [3.8, 4) is 5.75 Å². The van der Waals surface area contributed by atoms with Crippen molar-refractivity contribution in [2.75, 3.05) is 24.7 Å². The Morgan fingerprint density at radius 1 is 1.24 bits per heavy atom. The number of hydrogen-bond acceptors (Lipinski definition) is 8. The number of carbonyl (C=O) groups is 2. The number of hydrogen-bond donors (Lipinski definition) is 0. The molecule has 0 N–H and O–H groups in total. The number of ether oxygens (including phenoxy) is 2. The number of sulfone groups is 1. The van der Waals surface area contributed by atoms with E-state index in [0.29, 0.717) is 25.3 Å². The highest BCUT2D eigenvalue weighted by Gasteiger charge is 2.34. The number of unbranched alkanes of at least 4 members (excludes halogenated alkanes) is 1. The van der Waals surface area contributed by atoms with Gasteiger partial charge in [0.15, 0.2) is 16.4 Å². The standard InChI is InChI=1S/C23H30N2O6S2/c1-3-4-10-25(19-9-11-33(28,29)16-19)22(26)14-31-23(27)12-18-15-32-21(24-18)13-30-20-7-5-17(2)6-8-20/h5-8,15,19H,3-4,9-14,16H2,1-2H3. The molecule has 1 aromatic heterocycles. The fourth-order valence-electron chi connectivity index (χ4n) is 3.56. The molecular weight excluding hydrogens is 464 g/mol. The van der Waals surface area contributed by atoms with Crippen molar-refractivity contribution in [1.82, 2.24) is 9.88 Å². The first-order chi connectivity index (χ1) is 15.8. The van der Waals surface area contributed by atoms with Crippen molar-refractivity contribution in [1.29, 1.82) is 0 Å². The molecule has 2 heterocycles. The molecule has 0 bridgehead atoms. The van der Waals surface area contributed by atoms with E-state index in [4.69, 9.17) is 9.47 Å². The monoisotopic (exact) mass is 494 g/mol. The molecule has 2 aromatic rings. The Morgan fingerprint density at radius 3 is 2.67 bits per heavy atom. The minimum atomic E-state index is -3.11. The van der Waals surface area contributed by atoms with Crippen LogP contribution in [-0.4, -0.2) is 60.9 Å². The maximum absolute atomic E-state index is 12.7. The fraction of sp³-hybridized carbons (Fsp3) is 0.522. The van der Waals surface area contributed by atoms with Crippen molar-refractivity contribution < 1.29 is 27.5 Å². The van der Waals surface area contributed by atoms with Crippen LogP contribution in [0.5, 0.6) is 5.75 Å². The summed E-state index contributed by atoms with van der Waals surface area (Å²) in [7, 11) is -3.11. The first-order valence-corrected chi connectivity index (χ1v) is 13.7. The van der Waals surface area contributed by atoms with E-state index in [1.807, 2.05) is 38.1 Å². The molecule has 1 atom stereocenters. The Kier molecular flexibility index (Phi) is 8.85. The van der Waals surface area contributed by atoms with Crippen LogP contribution in [0.15, 0.2) is 29.6 Å². The third-order valence-electron chi connectivity index (χ3n) is 5.39. The van der Waals surface area contributed by atoms with Crippen LogP contribution in [0.4, 0.5) is 0 Å². The zero-order chi connectivity index (χ0) is 23.8. The lowest BCUT2D eigenvalue weighted by molar-refractivity contribution is -0.152. The van der Waals surface area contributed by atoms with E-state index in [1.54, 1.807) is 10.3 Å². The largest absolute Gasteiger partial charge is 0.486 e. The Hall–Kier alpha value is -2.46. The first-order valence-electron chi connectivity index (χ1n) is 11.0. The van der Waals surface area contributed by atoms with E-state index in [9.17, 15) is 18.0 Å². The van der Waals surface area contributed by atoms with Gasteiger partial charge in [-0.25, -0.2) is 13.4 Å². The van der Waals surface area contributed by atoms with Gasteiger partial charge in [-0.15, -0.1) is 11.3 Å². The third kappa shape index (κ3) is 7.82. The number of esters is 1. The highest BCUT2D eigenvalue weighted by atomic mass is 32.2. The molecule has 0 aliphatic carbocycles. The number of nitrogens with zero attached hydrogens (tertiary/aromatic N) is 2. The molecule has 0 saturated carbocycles. The van der Waals surface area contributed by atoms with Crippen molar-refractivity contribution in [3.63, 3.8) is 0 Å². The lowest BCUT2D eigenvalue weighted by atomic mass is 10.2. The van der Waals surface area contributed by atoms with Gasteiger partial charge in [-0.3, -0.25) is 9.59 Å². The zero-order valence-corrected chi connectivity index (χ0v) is 20.6. The van der Waals surface area contributed by atoms with Crippen molar-refractivity contribution in [3.05, 3.63) is 45.9 Å². The summed E-state index contributed by atoms with van der Waals surface area (Å²) in [6.45, 7) is 4.38. The van der Waals surface area contributed by atoms with Crippen LogP contribution in [-0.2, 0) is 37.2 Å². The molecule has 1 fully saturated rings. The second-order valence-corrected chi connectivity index (χ2v) is 11.3. The molecule has 10 heteroatoms. The van der Waals surface area contributed by atoms with E-state index in [2.05, 4.69) is 4.98 Å². The molecule has 33 heavy (non-hydrogen) atoms. The van der Waals surface area contributed by atoms with Gasteiger partial charge < -0.3 is 14.4 Å². The second kappa shape index (κ2) is 11.6. The molecule has 8 nitrogen and oxygen atoms in total. The lowest BCUT2D eigenvalue weighted by Crippen LogP contribution is -2.44. The Labute approximate surface area is 198 Å². The molecule has 1 amide bonds. The smallest absolute Gasteiger partial charge is 0.312 e. The van der Waals surface area contributed by atoms with Gasteiger partial charge in [0.1, 0.15) is 17.4 Å². The Bertz CT molecular complexity index is 1050. The number of benzene rings is 1. The fourth-order valence-corrected chi connectivity index (χ4v) is 6.00. The zero-order valence-electron chi connectivity index (χ0n) is 19.0. The van der Waals surface area contributed by atoms with Gasteiger partial charge in [-0.05, 0) is 31.9 Å². The number of aromatic nitrogens is 1. The molecule has 180 valence electrons. The number of rotatable bonds is 11. The summed E-state index contributed by atoms with van der Waals surface area (Å²) in [4.78, 5) is 30.9. The van der Waals surface area contributed by atoms with Crippen LogP contribution >= 0.6 is 11.3 Å². The quantitative estimate of drug-likeness (QED) is 0.443. The molecule has 0 radical (unpaired) electrons. The SMILES string of the molecule is CCCCN(C(=O)COC(=O)Cc1csc(COc2ccc(C)cc2)n1)C1CCS(=O)(=O)C1. The van der Waals surface area contributed by atoms with Gasteiger partial charge in [-0.2, -0.15) is 0 Å². The van der Waals surface area contributed by atoms with E-state index in [1.165, 1.54) is 11.3 Å². The molecular formula is C23H30N2O6S2. The number of amides is 1. The molecule has 1 unspecified atom stereocenters. The van der Waals surface area contributed by atoms with Crippen LogP contribution in [0.2, 0.25) is 0 Å². The summed E-state index contributed by atoms with van der Waals surface area (Å²) in [5.41, 5.74) is 1.71. The van der Waals surface area contributed by atoms with Gasteiger partial charge in [-0.1, -0.05) is 31.0 Å². The number of carbonyl (C=O) groups excluding carboxylic acids is 2. The highest BCUT2D eigenvalue weighted by molar-refractivity contribution is 7.91. The number of thiazole rings is 1. The van der Waals surface area contributed by atoms with Crippen LogP contribution in [0, 0.1) is 6.92 Å². The predicted molar refractivity (Wildman–Crippen MR) is 126 cm³/mol. The topological polar surface area (TPSA) is 103 Å². The van der Waals surface area contributed by atoms with Crippen LogP contribution in [0.3, 0.4) is 0 Å². The summed E-state index contributed by atoms with van der Waals surface area (Å²) in [6, 6.07) is 7.37. The second-order valence-electron chi connectivity index (χ2n) is 8.17. The van der Waals surface area contributed by atoms with Gasteiger partial charge >= 0.3 is 5.97 Å². The van der Waals surface area contributed by atoms with Crippen molar-refractivity contribution in [2.24, 2.45) is 0 Å². The summed E-state index contributed by atoms with van der Waals surface area (Å²) in [5, 5.41) is 2.51. The summed E-state index contributed by atoms with van der Waals surface area (Å²) < 4.78 is 34.5. The van der Waals surface area contributed by atoms with Crippen LogP contribution in [0.1, 0.15) is 42.5 Å². The van der Waals surface area contributed by atoms with Crippen LogP contribution in [0.25, 0.3) is 0 Å². The molecule has 1 aromatic carbocycles. The Morgan fingerprint density at radius 2 is 2.00 bits per heavy atom. The highest BCUT2D eigenvalue weighted by Crippen LogP contribution is 2.19. The van der Waals surface area contributed by atoms with E-state index < -0.39 is 22.4 Å². The molecule has 1 aliphatic heterocycles. The van der Waals surface area contributed by atoms with Crippen molar-refractivity contribution >= 4 is 33.1 Å². The summed E-state index contributed by atoms with van der Waals surface area (Å²) >= 11 is 1.39. The van der Waals surface area contributed by atoms with E-state index in [0.717, 1.165) is 29.2 Å². The maximum Gasteiger partial charge on any atom is 0.312 e.